The van der Waals surface area contributed by atoms with Crippen LogP contribution in [0.5, 0.6) is 0 Å². The second-order valence-electron chi connectivity index (χ2n) is 5.98. The van der Waals surface area contributed by atoms with Gasteiger partial charge in [-0.25, -0.2) is 0 Å². The Balaban J connectivity index is 1.99. The number of ketones is 1. The van der Waals surface area contributed by atoms with E-state index in [2.05, 4.69) is 0 Å². The van der Waals surface area contributed by atoms with E-state index in [4.69, 9.17) is 0 Å². The molecule has 3 aromatic carbocycles. The van der Waals surface area contributed by atoms with Gasteiger partial charge in [0.15, 0.2) is 0 Å². The third-order valence-electron chi connectivity index (χ3n) is 4.17. The van der Waals surface area contributed by atoms with Crippen LogP contribution >= 0.6 is 0 Å². The maximum atomic E-state index is 15.2. The Morgan fingerprint density at radius 3 is 1.85 bits per heavy atom. The number of halogens is 2. The summed E-state index contributed by atoms with van der Waals surface area (Å²) in [5.74, 6) is -6.09. The average Bonchev–Trinajstić information content (AvgIpc) is 2.69. The van der Waals surface area contributed by atoms with E-state index < -0.39 is 17.6 Å². The van der Waals surface area contributed by atoms with E-state index in [1.807, 2.05) is 30.3 Å². The highest BCUT2D eigenvalue weighted by molar-refractivity contribution is 6.02. The monoisotopic (exact) mass is 348 g/mol. The molecule has 1 atom stereocenters. The second kappa shape index (κ2) is 7.87. The van der Waals surface area contributed by atoms with Gasteiger partial charge < -0.3 is 0 Å². The van der Waals surface area contributed by atoms with Crippen LogP contribution in [0, 0.1) is 0 Å². The number of carbonyl (C=O) groups excluding carboxylic acids is 1. The summed E-state index contributed by atoms with van der Waals surface area (Å²) in [5.41, 5.74) is 1.21. The molecule has 0 bridgehead atoms. The largest absolute Gasteiger partial charge is 0.319 e. The Kier molecular flexibility index (Phi) is 5.37. The molecule has 1 nitrogen and oxygen atoms in total. The van der Waals surface area contributed by atoms with Crippen LogP contribution in [0.3, 0.4) is 0 Å². The Morgan fingerprint density at radius 1 is 0.769 bits per heavy atom. The normalized spacial score (nSPS) is 12.8. The van der Waals surface area contributed by atoms with E-state index in [9.17, 15) is 4.79 Å². The molecule has 0 aromatic heterocycles. The molecule has 1 unspecified atom stereocenters. The standard InChI is InChI=1S/C23H18F2O/c24-23(25,22(26)20-14-8-3-9-15-20)21(19-12-6-2-7-13-19)17-16-18-10-4-1-5-11-18/h1-17,21H/b17-16+. The number of benzene rings is 3. The number of alkyl halides is 2. The first-order chi connectivity index (χ1) is 12.6. The minimum absolute atomic E-state index is 0.00606. The predicted octanol–water partition coefficient (Wildman–Crippen LogP) is 6.00. The summed E-state index contributed by atoms with van der Waals surface area (Å²) >= 11 is 0. The molecule has 0 heterocycles. The highest BCUT2D eigenvalue weighted by atomic mass is 19.3. The average molecular weight is 348 g/mol. The SMILES string of the molecule is O=C(c1ccccc1)C(F)(F)C(/C=C/c1ccccc1)c1ccccc1. The molecule has 0 aliphatic carbocycles. The van der Waals surface area contributed by atoms with Gasteiger partial charge in [0.25, 0.3) is 0 Å². The van der Waals surface area contributed by atoms with Crippen molar-refractivity contribution < 1.29 is 13.6 Å². The Labute approximate surface area is 151 Å². The molecule has 26 heavy (non-hydrogen) atoms. The fourth-order valence-electron chi connectivity index (χ4n) is 2.80. The van der Waals surface area contributed by atoms with Crippen LogP contribution in [0.1, 0.15) is 27.4 Å². The molecule has 3 rings (SSSR count). The lowest BCUT2D eigenvalue weighted by atomic mass is 9.87. The van der Waals surface area contributed by atoms with Gasteiger partial charge in [-0.05, 0) is 11.1 Å². The maximum absolute atomic E-state index is 15.2. The fourth-order valence-corrected chi connectivity index (χ4v) is 2.80. The number of allylic oxidation sites excluding steroid dienone is 1. The van der Waals surface area contributed by atoms with Crippen molar-refractivity contribution in [3.8, 4) is 0 Å². The van der Waals surface area contributed by atoms with Crippen LogP contribution in [-0.4, -0.2) is 11.7 Å². The molecule has 0 amide bonds. The van der Waals surface area contributed by atoms with Crippen LogP contribution in [-0.2, 0) is 0 Å². The molecule has 0 aliphatic rings. The van der Waals surface area contributed by atoms with Crippen LogP contribution in [0.25, 0.3) is 6.08 Å². The Hall–Kier alpha value is -3.07. The molecular formula is C23H18F2O. The van der Waals surface area contributed by atoms with E-state index in [0.29, 0.717) is 5.56 Å². The molecular weight excluding hydrogens is 330 g/mol. The zero-order chi connectivity index (χ0) is 18.4. The second-order valence-corrected chi connectivity index (χ2v) is 5.98. The Bertz CT molecular complexity index is 872. The van der Waals surface area contributed by atoms with Crippen molar-refractivity contribution in [2.45, 2.75) is 11.8 Å². The van der Waals surface area contributed by atoms with Crippen molar-refractivity contribution in [2.24, 2.45) is 0 Å². The lowest BCUT2D eigenvalue weighted by Crippen LogP contribution is -2.35. The van der Waals surface area contributed by atoms with Crippen LogP contribution in [0.2, 0.25) is 0 Å². The van der Waals surface area contributed by atoms with E-state index in [-0.39, 0.29) is 5.56 Å². The van der Waals surface area contributed by atoms with E-state index >= 15 is 8.78 Å². The lowest BCUT2D eigenvalue weighted by molar-refractivity contribution is 0.00126. The summed E-state index contributed by atoms with van der Waals surface area (Å²) in [7, 11) is 0. The molecule has 3 aromatic rings. The highest BCUT2D eigenvalue weighted by Gasteiger charge is 2.46. The van der Waals surface area contributed by atoms with Gasteiger partial charge in [0.2, 0.25) is 5.78 Å². The van der Waals surface area contributed by atoms with Crippen molar-refractivity contribution in [2.75, 3.05) is 0 Å². The van der Waals surface area contributed by atoms with Gasteiger partial charge >= 0.3 is 5.92 Å². The minimum Gasteiger partial charge on any atom is -0.287 e. The molecule has 0 N–H and O–H groups in total. The highest BCUT2D eigenvalue weighted by Crippen LogP contribution is 2.38. The maximum Gasteiger partial charge on any atom is 0.319 e. The summed E-state index contributed by atoms with van der Waals surface area (Å²) in [6.45, 7) is 0. The lowest BCUT2D eigenvalue weighted by Gasteiger charge is -2.24. The van der Waals surface area contributed by atoms with Crippen LogP contribution in [0.4, 0.5) is 8.78 Å². The number of hydrogen-bond acceptors (Lipinski definition) is 1. The third-order valence-corrected chi connectivity index (χ3v) is 4.17. The van der Waals surface area contributed by atoms with Crippen molar-refractivity contribution in [1.29, 1.82) is 0 Å². The van der Waals surface area contributed by atoms with Crippen molar-refractivity contribution in [1.82, 2.24) is 0 Å². The van der Waals surface area contributed by atoms with Gasteiger partial charge in [-0.2, -0.15) is 8.78 Å². The quantitative estimate of drug-likeness (QED) is 0.499. The van der Waals surface area contributed by atoms with E-state index in [1.165, 1.54) is 18.2 Å². The zero-order valence-corrected chi connectivity index (χ0v) is 14.1. The van der Waals surface area contributed by atoms with Gasteiger partial charge in [-0.15, -0.1) is 0 Å². The first kappa shape index (κ1) is 17.7. The van der Waals surface area contributed by atoms with E-state index in [1.54, 1.807) is 54.6 Å². The smallest absolute Gasteiger partial charge is 0.287 e. The van der Waals surface area contributed by atoms with Gasteiger partial charge in [-0.1, -0.05) is 103 Å². The molecule has 0 radical (unpaired) electrons. The molecule has 0 saturated carbocycles. The predicted molar refractivity (Wildman–Crippen MR) is 100 cm³/mol. The topological polar surface area (TPSA) is 17.1 Å². The first-order valence-corrected chi connectivity index (χ1v) is 8.35. The molecule has 0 saturated heterocycles. The summed E-state index contributed by atoms with van der Waals surface area (Å²) in [5, 5.41) is 0. The number of rotatable bonds is 6. The van der Waals surface area contributed by atoms with Crippen molar-refractivity contribution >= 4 is 11.9 Å². The molecule has 0 fully saturated rings. The van der Waals surface area contributed by atoms with Crippen molar-refractivity contribution in [3.63, 3.8) is 0 Å². The number of Topliss-reactive ketones (excluding diaryl/α,β-unsaturated/α-hetero) is 1. The van der Waals surface area contributed by atoms with Gasteiger partial charge in [0.05, 0.1) is 5.92 Å². The molecule has 3 heteroatoms. The molecule has 0 aliphatic heterocycles. The Morgan fingerprint density at radius 2 is 1.27 bits per heavy atom. The minimum atomic E-state index is -3.56. The van der Waals surface area contributed by atoms with Gasteiger partial charge in [0.1, 0.15) is 0 Å². The summed E-state index contributed by atoms with van der Waals surface area (Å²) in [6.07, 6.45) is 3.04. The van der Waals surface area contributed by atoms with Gasteiger partial charge in [-0.3, -0.25) is 4.79 Å². The fraction of sp³-hybridized carbons (Fsp3) is 0.0870. The number of carbonyl (C=O) groups is 1. The zero-order valence-electron chi connectivity index (χ0n) is 14.1. The third kappa shape index (κ3) is 3.94. The molecule has 0 spiro atoms. The van der Waals surface area contributed by atoms with Crippen molar-refractivity contribution in [3.05, 3.63) is 114 Å². The number of hydrogen-bond donors (Lipinski definition) is 0. The van der Waals surface area contributed by atoms with Gasteiger partial charge in [0, 0.05) is 5.56 Å². The first-order valence-electron chi connectivity index (χ1n) is 8.35. The van der Waals surface area contributed by atoms with Crippen LogP contribution < -0.4 is 0 Å². The summed E-state index contributed by atoms with van der Waals surface area (Å²) in [4.78, 5) is 12.5. The summed E-state index contributed by atoms with van der Waals surface area (Å²) < 4.78 is 30.3. The van der Waals surface area contributed by atoms with Crippen LogP contribution in [0.15, 0.2) is 97.1 Å². The van der Waals surface area contributed by atoms with E-state index in [0.717, 1.165) is 5.56 Å². The summed E-state index contributed by atoms with van der Waals surface area (Å²) in [6, 6.07) is 25.3. The molecule has 130 valence electrons.